The Morgan fingerprint density at radius 2 is 1.92 bits per heavy atom. The van der Waals surface area contributed by atoms with E-state index in [1.807, 2.05) is 0 Å². The quantitative estimate of drug-likeness (QED) is 0.410. The lowest BCUT2D eigenvalue weighted by Gasteiger charge is -2.45. The topological polar surface area (TPSA) is 9.23 Å². The minimum absolute atomic E-state index is 0.577. The monoisotopic (exact) mass is 314 g/mol. The number of rotatable bonds is 1. The fourth-order valence-electron chi connectivity index (χ4n) is 1.57. The molecule has 1 fully saturated rings. The van der Waals surface area contributed by atoms with Gasteiger partial charge >= 0.3 is 0 Å². The van der Waals surface area contributed by atoms with Gasteiger partial charge in [0, 0.05) is 4.43 Å². The molecule has 1 aliphatic rings. The first kappa shape index (κ1) is 11.2. The minimum Gasteiger partial charge on any atom is -0.416 e. The SMILES string of the molecule is C[Si]1(C)CCC(CI)O[Si]1(C)C. The van der Waals surface area contributed by atoms with E-state index < -0.39 is 15.4 Å². The van der Waals surface area contributed by atoms with Crippen molar-refractivity contribution in [2.24, 2.45) is 0 Å². The molecule has 0 saturated carbocycles. The summed E-state index contributed by atoms with van der Waals surface area (Å²) in [5.41, 5.74) is 0. The normalized spacial score (nSPS) is 33.2. The molecular weight excluding hydrogens is 295 g/mol. The van der Waals surface area contributed by atoms with E-state index in [9.17, 15) is 0 Å². The molecule has 4 heteroatoms. The first-order valence-electron chi connectivity index (χ1n) is 4.63. The Bertz CT molecular complexity index is 170. The molecule has 0 aromatic carbocycles. The van der Waals surface area contributed by atoms with Gasteiger partial charge in [-0.3, -0.25) is 0 Å². The van der Waals surface area contributed by atoms with Gasteiger partial charge in [-0.1, -0.05) is 41.7 Å². The van der Waals surface area contributed by atoms with E-state index in [-0.39, 0.29) is 0 Å². The van der Waals surface area contributed by atoms with Crippen LogP contribution >= 0.6 is 22.6 Å². The summed E-state index contributed by atoms with van der Waals surface area (Å²) in [4.78, 5) is 0. The summed E-state index contributed by atoms with van der Waals surface area (Å²) in [5.74, 6) is 0. The maximum Gasteiger partial charge on any atom is 0.174 e. The fraction of sp³-hybridized carbons (Fsp3) is 1.00. The van der Waals surface area contributed by atoms with Gasteiger partial charge in [0.1, 0.15) is 0 Å². The van der Waals surface area contributed by atoms with Crippen molar-refractivity contribution in [2.75, 3.05) is 4.43 Å². The second-order valence-corrected chi connectivity index (χ2v) is 20.9. The lowest BCUT2D eigenvalue weighted by molar-refractivity contribution is 0.213. The molecule has 1 atom stereocenters. The third kappa shape index (κ3) is 2.13. The van der Waals surface area contributed by atoms with Gasteiger partial charge in [0.2, 0.25) is 0 Å². The number of hydrogen-bond acceptors (Lipinski definition) is 1. The van der Waals surface area contributed by atoms with E-state index in [1.165, 1.54) is 16.9 Å². The fourth-order valence-corrected chi connectivity index (χ4v) is 9.22. The van der Waals surface area contributed by atoms with Gasteiger partial charge in [-0.2, -0.15) is 0 Å². The summed E-state index contributed by atoms with van der Waals surface area (Å²) in [6.45, 7) is 9.83. The Kier molecular flexibility index (Phi) is 3.46. The number of halogens is 1. The predicted octanol–water partition coefficient (Wildman–Crippen LogP) is 3.20. The third-order valence-electron chi connectivity index (χ3n) is 3.35. The molecule has 0 aliphatic carbocycles. The van der Waals surface area contributed by atoms with E-state index in [2.05, 4.69) is 48.8 Å². The van der Waals surface area contributed by atoms with Gasteiger partial charge in [-0.05, 0) is 19.5 Å². The van der Waals surface area contributed by atoms with Crippen LogP contribution in [0.1, 0.15) is 6.42 Å². The van der Waals surface area contributed by atoms with Gasteiger partial charge in [0.05, 0.1) is 13.7 Å². The van der Waals surface area contributed by atoms with Crippen molar-refractivity contribution >= 4 is 38.0 Å². The molecule has 0 N–H and O–H groups in total. The molecule has 0 spiro atoms. The van der Waals surface area contributed by atoms with Crippen molar-refractivity contribution in [1.82, 2.24) is 0 Å². The first-order chi connectivity index (χ1) is 5.39. The number of alkyl halides is 1. The molecule has 0 aromatic rings. The van der Waals surface area contributed by atoms with Crippen molar-refractivity contribution < 1.29 is 4.43 Å². The van der Waals surface area contributed by atoms with Crippen LogP contribution in [0.2, 0.25) is 32.2 Å². The Morgan fingerprint density at radius 3 is 2.33 bits per heavy atom. The lowest BCUT2D eigenvalue weighted by atomic mass is 10.3. The van der Waals surface area contributed by atoms with Crippen LogP contribution in [0, 0.1) is 0 Å². The Labute approximate surface area is 91.3 Å². The van der Waals surface area contributed by atoms with E-state index in [0.29, 0.717) is 6.10 Å². The van der Waals surface area contributed by atoms with E-state index >= 15 is 0 Å². The molecule has 72 valence electrons. The zero-order valence-corrected chi connectivity index (χ0v) is 12.6. The minimum atomic E-state index is -1.27. The zero-order valence-electron chi connectivity index (χ0n) is 8.48. The largest absolute Gasteiger partial charge is 0.416 e. The van der Waals surface area contributed by atoms with Crippen LogP contribution in [0.5, 0.6) is 0 Å². The van der Waals surface area contributed by atoms with Crippen molar-refractivity contribution in [3.63, 3.8) is 0 Å². The Hall–Kier alpha value is 1.12. The van der Waals surface area contributed by atoms with Crippen molar-refractivity contribution in [1.29, 1.82) is 0 Å². The van der Waals surface area contributed by atoms with Crippen LogP contribution in [0.3, 0.4) is 0 Å². The molecule has 1 aliphatic heterocycles. The summed E-state index contributed by atoms with van der Waals surface area (Å²) in [6.07, 6.45) is 1.89. The molecular formula is C8H19IOSi2. The zero-order chi connectivity index (χ0) is 9.41. The Balaban J connectivity index is 2.68. The summed E-state index contributed by atoms with van der Waals surface area (Å²) in [6, 6.07) is 1.49. The second kappa shape index (κ2) is 3.70. The first-order valence-corrected chi connectivity index (χ1v) is 13.3. The highest BCUT2D eigenvalue weighted by Crippen LogP contribution is 2.33. The lowest BCUT2D eigenvalue weighted by Crippen LogP contribution is -2.61. The molecule has 0 amide bonds. The van der Waals surface area contributed by atoms with E-state index in [0.717, 1.165) is 0 Å². The molecule has 1 rings (SSSR count). The average molecular weight is 314 g/mol. The maximum atomic E-state index is 6.23. The van der Waals surface area contributed by atoms with Crippen LogP contribution in [-0.2, 0) is 4.43 Å². The second-order valence-electron chi connectivity index (χ2n) is 4.83. The van der Waals surface area contributed by atoms with Gasteiger partial charge < -0.3 is 4.43 Å². The summed E-state index contributed by atoms with van der Waals surface area (Å²) >= 11 is 2.45. The molecule has 1 nitrogen and oxygen atoms in total. The standard InChI is InChI=1S/C8H19IOSi2/c1-11(2)6-5-8(7-9)10-12(11,3)4/h8H,5-7H2,1-4H3. The maximum absolute atomic E-state index is 6.23. The molecule has 12 heavy (non-hydrogen) atoms. The molecule has 0 radical (unpaired) electrons. The van der Waals surface area contributed by atoms with Gasteiger partial charge in [0.15, 0.2) is 7.83 Å². The van der Waals surface area contributed by atoms with Gasteiger partial charge in [0.25, 0.3) is 0 Å². The highest BCUT2D eigenvalue weighted by atomic mass is 127. The van der Waals surface area contributed by atoms with Crippen LogP contribution < -0.4 is 0 Å². The summed E-state index contributed by atoms with van der Waals surface area (Å²) in [7, 11) is -2.23. The Morgan fingerprint density at radius 1 is 1.33 bits per heavy atom. The van der Waals surface area contributed by atoms with E-state index in [4.69, 9.17) is 4.43 Å². The molecule has 0 bridgehead atoms. The molecule has 0 aromatic heterocycles. The summed E-state index contributed by atoms with van der Waals surface area (Å²) in [5, 5.41) is 0. The van der Waals surface area contributed by atoms with Crippen LogP contribution in [0.15, 0.2) is 0 Å². The van der Waals surface area contributed by atoms with Crippen molar-refractivity contribution in [3.05, 3.63) is 0 Å². The smallest absolute Gasteiger partial charge is 0.174 e. The van der Waals surface area contributed by atoms with Crippen molar-refractivity contribution in [2.45, 2.75) is 44.8 Å². The van der Waals surface area contributed by atoms with Gasteiger partial charge in [-0.25, -0.2) is 0 Å². The highest BCUT2D eigenvalue weighted by molar-refractivity contribution is 14.1. The highest BCUT2D eigenvalue weighted by Gasteiger charge is 2.47. The van der Waals surface area contributed by atoms with Crippen LogP contribution in [0.4, 0.5) is 0 Å². The van der Waals surface area contributed by atoms with Crippen LogP contribution in [0.25, 0.3) is 0 Å². The molecule has 1 saturated heterocycles. The van der Waals surface area contributed by atoms with Gasteiger partial charge in [-0.15, -0.1) is 0 Å². The number of hydrogen-bond donors (Lipinski definition) is 0. The third-order valence-corrected chi connectivity index (χ3v) is 20.9. The molecule has 1 heterocycles. The van der Waals surface area contributed by atoms with Crippen LogP contribution in [-0.4, -0.2) is 26.0 Å². The van der Waals surface area contributed by atoms with Crippen molar-refractivity contribution in [3.8, 4) is 0 Å². The predicted molar refractivity (Wildman–Crippen MR) is 68.1 cm³/mol. The average Bonchev–Trinajstić information content (AvgIpc) is 1.95. The van der Waals surface area contributed by atoms with E-state index in [1.54, 1.807) is 0 Å². The summed E-state index contributed by atoms with van der Waals surface area (Å²) < 4.78 is 7.41. The molecule has 1 unspecified atom stereocenters.